The van der Waals surface area contributed by atoms with Crippen molar-refractivity contribution in [1.29, 1.82) is 0 Å². The van der Waals surface area contributed by atoms with Gasteiger partial charge in [-0.05, 0) is 31.4 Å². The van der Waals surface area contributed by atoms with Crippen LogP contribution in [0.15, 0.2) is 18.2 Å². The molecule has 0 atom stereocenters. The average molecular weight is 288 g/mol. The lowest BCUT2D eigenvalue weighted by Gasteiger charge is -2.31. The Kier molecular flexibility index (Phi) is 3.82. The summed E-state index contributed by atoms with van der Waals surface area (Å²) in [5.41, 5.74) is -0.725. The fraction of sp³-hybridized carbons (Fsp3) is 0.538. The van der Waals surface area contributed by atoms with Crippen LogP contribution >= 0.6 is 0 Å². The third-order valence-corrected chi connectivity index (χ3v) is 5.06. The van der Waals surface area contributed by atoms with Crippen LogP contribution in [0.25, 0.3) is 0 Å². The van der Waals surface area contributed by atoms with Crippen LogP contribution in [0.3, 0.4) is 0 Å². The van der Waals surface area contributed by atoms with Crippen LogP contribution in [0.4, 0.5) is 4.39 Å². The van der Waals surface area contributed by atoms with E-state index in [9.17, 15) is 17.9 Å². The van der Waals surface area contributed by atoms with Crippen molar-refractivity contribution in [3.63, 3.8) is 0 Å². The van der Waals surface area contributed by atoms with E-state index in [1.54, 1.807) is 19.1 Å². The van der Waals surface area contributed by atoms with E-state index in [-0.39, 0.29) is 36.7 Å². The smallest absolute Gasteiger partial charge is 0.167 e. The maximum absolute atomic E-state index is 13.7. The molecule has 1 fully saturated rings. The molecule has 1 heterocycles. The van der Waals surface area contributed by atoms with Crippen LogP contribution in [-0.4, -0.2) is 37.2 Å². The first-order valence-corrected chi connectivity index (χ1v) is 7.94. The quantitative estimate of drug-likeness (QED) is 0.914. The molecule has 1 N–H and O–H groups in total. The van der Waals surface area contributed by atoms with Gasteiger partial charge in [0.15, 0.2) is 21.4 Å². The van der Waals surface area contributed by atoms with E-state index in [0.717, 1.165) is 0 Å². The molecule has 1 aromatic carbocycles. The predicted molar refractivity (Wildman–Crippen MR) is 69.5 cm³/mol. The fourth-order valence-corrected chi connectivity index (χ4v) is 3.59. The van der Waals surface area contributed by atoms with Crippen LogP contribution < -0.4 is 4.74 Å². The number of rotatable bonds is 3. The number of aliphatic hydroxyl groups is 1. The number of benzene rings is 1. The Hall–Kier alpha value is -1.14. The number of ether oxygens (including phenoxy) is 1. The van der Waals surface area contributed by atoms with Gasteiger partial charge in [-0.3, -0.25) is 0 Å². The van der Waals surface area contributed by atoms with Crippen LogP contribution in [0.2, 0.25) is 0 Å². The van der Waals surface area contributed by atoms with Crippen molar-refractivity contribution in [1.82, 2.24) is 0 Å². The second-order valence-electron chi connectivity index (χ2n) is 5.05. The van der Waals surface area contributed by atoms with Crippen molar-refractivity contribution in [3.8, 4) is 5.75 Å². The molecule has 0 aliphatic carbocycles. The van der Waals surface area contributed by atoms with Gasteiger partial charge in [-0.25, -0.2) is 12.8 Å². The largest absolute Gasteiger partial charge is 0.488 e. The van der Waals surface area contributed by atoms with Gasteiger partial charge in [-0.15, -0.1) is 0 Å². The van der Waals surface area contributed by atoms with Crippen LogP contribution in [0.5, 0.6) is 5.75 Å². The van der Waals surface area contributed by atoms with Gasteiger partial charge in [-0.2, -0.15) is 0 Å². The van der Waals surface area contributed by atoms with Crippen molar-refractivity contribution >= 4 is 9.84 Å². The summed E-state index contributed by atoms with van der Waals surface area (Å²) in [7, 11) is -3.04. The third-order valence-electron chi connectivity index (χ3n) is 3.41. The standard InChI is InChI=1S/C13H17FO4S/c1-10-3-2-4-11(12(10)14)18-9-13(15)5-7-19(16,17)8-6-13/h2-4,15H,5-9H2,1H3. The average Bonchev–Trinajstić information content (AvgIpc) is 2.36. The van der Waals surface area contributed by atoms with Gasteiger partial charge in [-0.1, -0.05) is 12.1 Å². The summed E-state index contributed by atoms with van der Waals surface area (Å²) < 4.78 is 41.6. The number of sulfone groups is 1. The van der Waals surface area contributed by atoms with Crippen molar-refractivity contribution in [2.45, 2.75) is 25.4 Å². The Labute approximate surface area is 112 Å². The molecular weight excluding hydrogens is 271 g/mol. The fourth-order valence-electron chi connectivity index (χ4n) is 2.01. The van der Waals surface area contributed by atoms with Gasteiger partial charge in [0.25, 0.3) is 0 Å². The molecule has 0 saturated carbocycles. The van der Waals surface area contributed by atoms with Crippen LogP contribution in [-0.2, 0) is 9.84 Å². The van der Waals surface area contributed by atoms with Gasteiger partial charge >= 0.3 is 0 Å². The number of hydrogen-bond acceptors (Lipinski definition) is 4. The van der Waals surface area contributed by atoms with E-state index in [2.05, 4.69) is 0 Å². The molecule has 6 heteroatoms. The zero-order valence-electron chi connectivity index (χ0n) is 10.7. The molecule has 1 aliphatic heterocycles. The zero-order valence-corrected chi connectivity index (χ0v) is 11.5. The van der Waals surface area contributed by atoms with E-state index in [0.29, 0.717) is 5.56 Å². The first-order chi connectivity index (χ1) is 8.81. The first kappa shape index (κ1) is 14.3. The molecule has 19 heavy (non-hydrogen) atoms. The van der Waals surface area contributed by atoms with Crippen molar-refractivity contribution in [2.75, 3.05) is 18.1 Å². The van der Waals surface area contributed by atoms with E-state index in [1.165, 1.54) is 6.07 Å². The van der Waals surface area contributed by atoms with Crippen molar-refractivity contribution in [2.24, 2.45) is 0 Å². The Balaban J connectivity index is 2.01. The minimum absolute atomic E-state index is 0.0524. The van der Waals surface area contributed by atoms with Crippen molar-refractivity contribution < 1.29 is 22.7 Å². The first-order valence-electron chi connectivity index (χ1n) is 6.12. The Bertz CT molecular complexity index is 554. The summed E-state index contributed by atoms with van der Waals surface area (Å²) >= 11 is 0. The molecule has 2 rings (SSSR count). The SMILES string of the molecule is Cc1cccc(OCC2(O)CCS(=O)(=O)CC2)c1F. The van der Waals surface area contributed by atoms with E-state index < -0.39 is 21.3 Å². The zero-order chi connectivity index (χ0) is 14.1. The van der Waals surface area contributed by atoms with Gasteiger partial charge in [0.2, 0.25) is 0 Å². The highest BCUT2D eigenvalue weighted by Gasteiger charge is 2.36. The monoisotopic (exact) mass is 288 g/mol. The molecule has 0 aromatic heterocycles. The lowest BCUT2D eigenvalue weighted by Crippen LogP contribution is -2.43. The number of aryl methyl sites for hydroxylation is 1. The van der Waals surface area contributed by atoms with Gasteiger partial charge in [0.1, 0.15) is 12.2 Å². The molecule has 106 valence electrons. The minimum atomic E-state index is -3.04. The summed E-state index contributed by atoms with van der Waals surface area (Å²) in [6.45, 7) is 1.53. The molecule has 1 aromatic rings. The predicted octanol–water partition coefficient (Wildman–Crippen LogP) is 1.45. The third kappa shape index (κ3) is 3.45. The topological polar surface area (TPSA) is 63.6 Å². The summed E-state index contributed by atoms with van der Waals surface area (Å²) in [6, 6.07) is 4.79. The molecule has 0 radical (unpaired) electrons. The Morgan fingerprint density at radius 3 is 2.63 bits per heavy atom. The van der Waals surface area contributed by atoms with E-state index >= 15 is 0 Å². The summed E-state index contributed by atoms with van der Waals surface area (Å²) in [5.74, 6) is -0.469. The maximum Gasteiger partial charge on any atom is 0.167 e. The van der Waals surface area contributed by atoms with Crippen LogP contribution in [0, 0.1) is 12.7 Å². The van der Waals surface area contributed by atoms with Gasteiger partial charge < -0.3 is 9.84 Å². The molecular formula is C13H17FO4S. The molecule has 0 unspecified atom stereocenters. The van der Waals surface area contributed by atoms with E-state index in [4.69, 9.17) is 4.74 Å². The highest BCUT2D eigenvalue weighted by Crippen LogP contribution is 2.26. The molecule has 4 nitrogen and oxygen atoms in total. The number of halogens is 1. The highest BCUT2D eigenvalue weighted by molar-refractivity contribution is 7.91. The van der Waals surface area contributed by atoms with E-state index in [1.807, 2.05) is 0 Å². The maximum atomic E-state index is 13.7. The molecule has 0 spiro atoms. The highest BCUT2D eigenvalue weighted by atomic mass is 32.2. The second-order valence-corrected chi connectivity index (χ2v) is 7.36. The molecule has 0 amide bonds. The minimum Gasteiger partial charge on any atom is -0.488 e. The van der Waals surface area contributed by atoms with Gasteiger partial charge in [0.05, 0.1) is 11.5 Å². The summed E-state index contributed by atoms with van der Waals surface area (Å²) in [6.07, 6.45) is 0.255. The van der Waals surface area contributed by atoms with Crippen molar-refractivity contribution in [3.05, 3.63) is 29.6 Å². The summed E-state index contributed by atoms with van der Waals surface area (Å²) in [4.78, 5) is 0. The molecule has 1 saturated heterocycles. The normalized spacial score (nSPS) is 21.0. The van der Waals surface area contributed by atoms with Gasteiger partial charge in [0, 0.05) is 0 Å². The molecule has 0 bridgehead atoms. The molecule has 1 aliphatic rings. The Morgan fingerprint density at radius 2 is 2.00 bits per heavy atom. The summed E-state index contributed by atoms with van der Waals surface area (Å²) in [5, 5.41) is 10.2. The Morgan fingerprint density at radius 1 is 1.37 bits per heavy atom. The lowest BCUT2D eigenvalue weighted by atomic mass is 9.98. The second kappa shape index (κ2) is 5.09. The number of hydrogen-bond donors (Lipinski definition) is 1. The lowest BCUT2D eigenvalue weighted by molar-refractivity contribution is -0.0138. The van der Waals surface area contributed by atoms with Crippen LogP contribution in [0.1, 0.15) is 18.4 Å².